The van der Waals surface area contributed by atoms with E-state index in [4.69, 9.17) is 22.6 Å². The number of benzene rings is 3. The lowest BCUT2D eigenvalue weighted by Gasteiger charge is -2.29. The zero-order valence-electron chi connectivity index (χ0n) is 25.9. The highest BCUT2D eigenvalue weighted by molar-refractivity contribution is 6.31. The molecule has 0 radical (unpaired) electrons. The lowest BCUT2D eigenvalue weighted by Crippen LogP contribution is -2.42. The van der Waals surface area contributed by atoms with Crippen LogP contribution in [0, 0.1) is 0 Å². The maximum absolute atomic E-state index is 13.4. The van der Waals surface area contributed by atoms with Crippen molar-refractivity contribution in [1.82, 2.24) is 16.2 Å². The Morgan fingerprint density at radius 2 is 1.79 bits per heavy atom. The van der Waals surface area contributed by atoms with Crippen molar-refractivity contribution in [3.63, 3.8) is 0 Å². The number of carbonyl (C=O) groups excluding carboxylic acids is 2. The largest absolute Gasteiger partial charge is 0.481 e. The molecule has 256 valence electrons. The Kier molecular flexibility index (Phi) is 12.9. The number of hydrogen-bond donors (Lipinski definition) is 6. The Morgan fingerprint density at radius 3 is 2.50 bits per heavy atom. The van der Waals surface area contributed by atoms with Crippen LogP contribution in [-0.2, 0) is 17.5 Å². The monoisotopic (exact) mass is 687 g/mol. The molecule has 7 N–H and O–H groups in total. The molecule has 48 heavy (non-hydrogen) atoms. The van der Waals surface area contributed by atoms with E-state index in [1.165, 1.54) is 6.07 Å². The maximum Gasteiger partial charge on any atom is 0.417 e. The van der Waals surface area contributed by atoms with Gasteiger partial charge in [-0.3, -0.25) is 25.7 Å². The number of piperidine rings is 1. The molecule has 15 heteroatoms. The molecular formula is C33H37ClF3N7O4. The summed E-state index contributed by atoms with van der Waals surface area (Å²) < 4.78 is 39.8. The second kappa shape index (κ2) is 17.1. The summed E-state index contributed by atoms with van der Waals surface area (Å²) in [5.74, 6) is 3.47. The molecule has 11 nitrogen and oxygen atoms in total. The van der Waals surface area contributed by atoms with E-state index in [2.05, 4.69) is 31.5 Å². The molecule has 0 saturated carbocycles. The highest BCUT2D eigenvalue weighted by Gasteiger charge is 2.33. The topological polar surface area (TPSA) is 161 Å². The van der Waals surface area contributed by atoms with E-state index in [1.54, 1.807) is 30.3 Å². The Balaban J connectivity index is 1.49. The predicted octanol–water partition coefficient (Wildman–Crippen LogP) is 5.15. The van der Waals surface area contributed by atoms with Gasteiger partial charge in [0, 0.05) is 49.9 Å². The van der Waals surface area contributed by atoms with E-state index in [0.717, 1.165) is 62.0 Å². The number of nitrogens with two attached hydrogens (primary N) is 1. The molecule has 2 amide bonds. The van der Waals surface area contributed by atoms with Crippen LogP contribution in [0.3, 0.4) is 0 Å². The van der Waals surface area contributed by atoms with Gasteiger partial charge in [0.05, 0.1) is 28.1 Å². The van der Waals surface area contributed by atoms with Crippen molar-refractivity contribution < 1.29 is 32.7 Å². The van der Waals surface area contributed by atoms with Crippen molar-refractivity contribution in [1.29, 1.82) is 0 Å². The molecule has 0 bridgehead atoms. The van der Waals surface area contributed by atoms with Gasteiger partial charge in [-0.1, -0.05) is 29.8 Å². The highest BCUT2D eigenvalue weighted by Crippen LogP contribution is 2.35. The van der Waals surface area contributed by atoms with Crippen molar-refractivity contribution in [3.8, 4) is 0 Å². The van der Waals surface area contributed by atoms with Gasteiger partial charge in [-0.15, -0.1) is 0 Å². The first-order valence-corrected chi connectivity index (χ1v) is 15.7. The summed E-state index contributed by atoms with van der Waals surface area (Å²) in [4.78, 5) is 39.7. The van der Waals surface area contributed by atoms with E-state index in [0.29, 0.717) is 25.1 Å². The molecule has 1 aliphatic rings. The molecule has 3 aromatic carbocycles. The first-order valence-electron chi connectivity index (χ1n) is 15.3. The van der Waals surface area contributed by atoms with Crippen LogP contribution in [0.25, 0.3) is 0 Å². The Labute approximate surface area is 280 Å². The van der Waals surface area contributed by atoms with Gasteiger partial charge in [0.2, 0.25) is 0 Å². The molecule has 1 aliphatic heterocycles. The summed E-state index contributed by atoms with van der Waals surface area (Å²) in [5.41, 5.74) is 6.26. The molecule has 1 saturated heterocycles. The van der Waals surface area contributed by atoms with E-state index >= 15 is 0 Å². The number of rotatable bonds is 14. The molecule has 4 rings (SSSR count). The van der Waals surface area contributed by atoms with Crippen molar-refractivity contribution in [2.75, 3.05) is 29.9 Å². The average molecular weight is 688 g/mol. The lowest BCUT2D eigenvalue weighted by atomic mass is 10.1. The van der Waals surface area contributed by atoms with Crippen molar-refractivity contribution in [2.45, 2.75) is 50.9 Å². The van der Waals surface area contributed by atoms with Gasteiger partial charge >= 0.3 is 12.1 Å². The number of halogens is 4. The fraction of sp³-hybridized carbons (Fsp3) is 0.333. The minimum Gasteiger partial charge on any atom is -0.481 e. The van der Waals surface area contributed by atoms with Crippen LogP contribution in [-0.4, -0.2) is 54.8 Å². The zero-order chi connectivity index (χ0) is 34.7. The number of amides is 2. The van der Waals surface area contributed by atoms with Gasteiger partial charge in [-0.2, -0.15) is 18.3 Å². The van der Waals surface area contributed by atoms with Crippen LogP contribution in [0.15, 0.2) is 65.8 Å². The van der Waals surface area contributed by atoms with Crippen molar-refractivity contribution in [2.24, 2.45) is 10.9 Å². The summed E-state index contributed by atoms with van der Waals surface area (Å²) in [6, 6.07) is 15.0. The van der Waals surface area contributed by atoms with Gasteiger partial charge < -0.3 is 20.6 Å². The van der Waals surface area contributed by atoms with Crippen LogP contribution in [0.5, 0.6) is 0 Å². The molecular weight excluding hydrogens is 651 g/mol. The van der Waals surface area contributed by atoms with E-state index in [1.807, 2.05) is 12.1 Å². The molecule has 1 heterocycles. The SMILES string of the molecule is NNC(CCC(=O)O)CNCc1cccc(C(=O)Nc2ccc(N3CCCCC3)cc2C(=O)NN=Cc2ccc(Cl)c(C(F)(F)F)c2)c1. The fourth-order valence-corrected chi connectivity index (χ4v) is 5.42. The average Bonchev–Trinajstić information content (AvgIpc) is 3.07. The summed E-state index contributed by atoms with van der Waals surface area (Å²) in [6.07, 6.45) is -0.145. The van der Waals surface area contributed by atoms with Crippen LogP contribution in [0.4, 0.5) is 24.5 Å². The van der Waals surface area contributed by atoms with Crippen LogP contribution in [0.1, 0.15) is 69.5 Å². The normalized spacial score (nSPS) is 14.1. The standard InChI is InChI=1S/C33H37ClF3N7O4/c34-28-10-7-22(16-27(28)33(35,36)37)19-40-43-32(48)26-17-25(44-13-2-1-3-14-44)9-11-29(26)41-31(47)23-6-4-5-21(15-23)18-39-20-24(42-38)8-12-30(45)46/h4-7,9-11,15-17,19,24,39,42H,1-3,8,12-14,18,20,38H2,(H,41,47)(H,43,48)(H,45,46). The predicted molar refractivity (Wildman–Crippen MR) is 178 cm³/mol. The number of hydrazone groups is 1. The van der Waals surface area contributed by atoms with Crippen molar-refractivity contribution >= 4 is 47.0 Å². The summed E-state index contributed by atoms with van der Waals surface area (Å²) >= 11 is 5.70. The van der Waals surface area contributed by atoms with Crippen molar-refractivity contribution in [3.05, 3.63) is 93.5 Å². The minimum atomic E-state index is -4.66. The summed E-state index contributed by atoms with van der Waals surface area (Å²) in [5, 5.41) is 18.3. The third-order valence-corrected chi connectivity index (χ3v) is 8.07. The number of hydrogen-bond acceptors (Lipinski definition) is 8. The molecule has 0 aliphatic carbocycles. The van der Waals surface area contributed by atoms with E-state index in [-0.39, 0.29) is 29.3 Å². The number of aliphatic carboxylic acids is 1. The summed E-state index contributed by atoms with van der Waals surface area (Å²) in [6.45, 7) is 2.42. The third kappa shape index (κ3) is 10.5. The Hall–Kier alpha value is -4.50. The second-order valence-corrected chi connectivity index (χ2v) is 11.7. The van der Waals surface area contributed by atoms with E-state index in [9.17, 15) is 27.6 Å². The van der Waals surface area contributed by atoms with Gasteiger partial charge in [-0.25, -0.2) is 5.43 Å². The molecule has 1 fully saturated rings. The number of nitrogens with zero attached hydrogens (tertiary/aromatic N) is 2. The van der Waals surface area contributed by atoms with Crippen LogP contribution >= 0.6 is 11.6 Å². The quantitative estimate of drug-likeness (QED) is 0.0771. The number of carboxylic acid groups (broad SMARTS) is 1. The maximum atomic E-state index is 13.4. The summed E-state index contributed by atoms with van der Waals surface area (Å²) in [7, 11) is 0. The van der Waals surface area contributed by atoms with E-state index < -0.39 is 34.5 Å². The van der Waals surface area contributed by atoms with Gasteiger partial charge in [0.15, 0.2) is 0 Å². The number of carbonyl (C=O) groups is 3. The number of alkyl halides is 3. The molecule has 1 unspecified atom stereocenters. The van der Waals surface area contributed by atoms with Crippen LogP contribution < -0.4 is 32.2 Å². The van der Waals surface area contributed by atoms with Gasteiger partial charge in [-0.05, 0) is 79.3 Å². The second-order valence-electron chi connectivity index (χ2n) is 11.3. The highest BCUT2D eigenvalue weighted by atomic mass is 35.5. The Morgan fingerprint density at radius 1 is 1.02 bits per heavy atom. The molecule has 0 aromatic heterocycles. The minimum absolute atomic E-state index is 0.0251. The number of hydrazine groups is 1. The number of anilines is 2. The number of nitrogens with one attached hydrogen (secondary N) is 4. The van der Waals surface area contributed by atoms with Gasteiger partial charge in [0.25, 0.3) is 11.8 Å². The first-order chi connectivity index (χ1) is 22.9. The zero-order valence-corrected chi connectivity index (χ0v) is 26.7. The number of carboxylic acids is 1. The molecule has 1 atom stereocenters. The fourth-order valence-electron chi connectivity index (χ4n) is 5.19. The van der Waals surface area contributed by atoms with Crippen LogP contribution in [0.2, 0.25) is 5.02 Å². The van der Waals surface area contributed by atoms with Gasteiger partial charge in [0.1, 0.15) is 0 Å². The Bertz CT molecular complexity index is 1630. The molecule has 0 spiro atoms. The molecule has 3 aromatic rings. The lowest BCUT2D eigenvalue weighted by molar-refractivity contribution is -0.138. The third-order valence-electron chi connectivity index (χ3n) is 7.74. The smallest absolute Gasteiger partial charge is 0.417 e. The first kappa shape index (κ1) is 36.3.